The van der Waals surface area contributed by atoms with Gasteiger partial charge in [0.15, 0.2) is 5.69 Å². The lowest BCUT2D eigenvalue weighted by molar-refractivity contribution is 0.0689. The number of aromatic nitrogens is 3. The molecular formula is C14H17N3O3. The molecule has 0 aliphatic heterocycles. The Bertz CT molecular complexity index is 607. The Labute approximate surface area is 117 Å². The summed E-state index contributed by atoms with van der Waals surface area (Å²) in [6, 6.07) is 7.34. The monoisotopic (exact) mass is 275 g/mol. The van der Waals surface area contributed by atoms with Crippen molar-refractivity contribution >= 4 is 5.97 Å². The first-order chi connectivity index (χ1) is 9.69. The summed E-state index contributed by atoms with van der Waals surface area (Å²) in [5.41, 5.74) is 1.30. The molecule has 1 aromatic heterocycles. The second kappa shape index (κ2) is 6.18. The van der Waals surface area contributed by atoms with Crippen LogP contribution in [0.4, 0.5) is 0 Å². The normalized spacial score (nSPS) is 10.5. The Kier molecular flexibility index (Phi) is 4.34. The number of carboxylic acid groups (broad SMARTS) is 1. The molecule has 0 aliphatic rings. The highest BCUT2D eigenvalue weighted by atomic mass is 16.5. The van der Waals surface area contributed by atoms with Gasteiger partial charge in [0.1, 0.15) is 11.4 Å². The fourth-order valence-electron chi connectivity index (χ4n) is 2.03. The Balaban J connectivity index is 2.53. The standard InChI is InChI=1S/C14H17N3O3/c1-3-4-7-11-13(14(18)19)15-16-17(11)10-8-5-6-9-12(10)20-2/h5-6,8-9H,3-4,7H2,1-2H3,(H,18,19). The number of benzene rings is 1. The summed E-state index contributed by atoms with van der Waals surface area (Å²) in [7, 11) is 1.57. The molecule has 0 fully saturated rings. The second-order valence-electron chi connectivity index (χ2n) is 4.38. The molecule has 6 heteroatoms. The van der Waals surface area contributed by atoms with Crippen LogP contribution < -0.4 is 4.74 Å². The molecule has 0 amide bonds. The van der Waals surface area contributed by atoms with Gasteiger partial charge in [-0.2, -0.15) is 0 Å². The molecule has 0 radical (unpaired) electrons. The molecule has 0 atom stereocenters. The van der Waals surface area contributed by atoms with Gasteiger partial charge in [0.05, 0.1) is 12.8 Å². The number of carboxylic acids is 1. The van der Waals surface area contributed by atoms with Crippen LogP contribution in [0.3, 0.4) is 0 Å². The van der Waals surface area contributed by atoms with Crippen LogP contribution in [-0.4, -0.2) is 33.2 Å². The van der Waals surface area contributed by atoms with Crippen molar-refractivity contribution in [2.45, 2.75) is 26.2 Å². The van der Waals surface area contributed by atoms with E-state index in [1.165, 1.54) is 0 Å². The van der Waals surface area contributed by atoms with Gasteiger partial charge in [-0.15, -0.1) is 5.10 Å². The van der Waals surface area contributed by atoms with Gasteiger partial charge < -0.3 is 9.84 Å². The lowest BCUT2D eigenvalue weighted by atomic mass is 10.1. The fraction of sp³-hybridized carbons (Fsp3) is 0.357. The first-order valence-corrected chi connectivity index (χ1v) is 6.50. The molecule has 1 aromatic carbocycles. The number of para-hydroxylation sites is 2. The van der Waals surface area contributed by atoms with E-state index in [0.29, 0.717) is 23.6 Å². The molecule has 106 valence electrons. The van der Waals surface area contributed by atoms with Gasteiger partial charge in [0.2, 0.25) is 0 Å². The minimum Gasteiger partial charge on any atom is -0.494 e. The lowest BCUT2D eigenvalue weighted by Gasteiger charge is -2.10. The van der Waals surface area contributed by atoms with E-state index in [-0.39, 0.29) is 5.69 Å². The van der Waals surface area contributed by atoms with Gasteiger partial charge in [-0.05, 0) is 25.0 Å². The average Bonchev–Trinajstić information content (AvgIpc) is 2.88. The van der Waals surface area contributed by atoms with Crippen LogP contribution in [0.2, 0.25) is 0 Å². The number of nitrogens with zero attached hydrogens (tertiary/aromatic N) is 3. The Morgan fingerprint density at radius 2 is 2.15 bits per heavy atom. The summed E-state index contributed by atoms with van der Waals surface area (Å²) in [6.07, 6.45) is 2.46. The molecule has 1 N–H and O–H groups in total. The molecule has 20 heavy (non-hydrogen) atoms. The van der Waals surface area contributed by atoms with Gasteiger partial charge in [-0.25, -0.2) is 9.48 Å². The highest BCUT2D eigenvalue weighted by Gasteiger charge is 2.20. The van der Waals surface area contributed by atoms with Crippen LogP contribution in [-0.2, 0) is 6.42 Å². The van der Waals surface area contributed by atoms with E-state index in [1.807, 2.05) is 18.2 Å². The van der Waals surface area contributed by atoms with Crippen molar-refractivity contribution in [2.75, 3.05) is 7.11 Å². The molecule has 2 rings (SSSR count). The van der Waals surface area contributed by atoms with E-state index in [0.717, 1.165) is 12.8 Å². The number of carbonyl (C=O) groups is 1. The summed E-state index contributed by atoms with van der Waals surface area (Å²) in [5.74, 6) is -0.427. The summed E-state index contributed by atoms with van der Waals surface area (Å²) in [6.45, 7) is 2.05. The first kappa shape index (κ1) is 14.0. The van der Waals surface area contributed by atoms with Gasteiger partial charge in [0.25, 0.3) is 0 Å². The van der Waals surface area contributed by atoms with Gasteiger partial charge in [-0.3, -0.25) is 0 Å². The number of rotatable bonds is 6. The number of ether oxygens (including phenoxy) is 1. The third-order valence-corrected chi connectivity index (χ3v) is 3.05. The molecule has 0 spiro atoms. The van der Waals surface area contributed by atoms with Crippen molar-refractivity contribution in [3.63, 3.8) is 0 Å². The van der Waals surface area contributed by atoms with Crippen molar-refractivity contribution in [1.29, 1.82) is 0 Å². The fourth-order valence-corrected chi connectivity index (χ4v) is 2.03. The van der Waals surface area contributed by atoms with Crippen LogP contribution in [0.25, 0.3) is 5.69 Å². The SMILES string of the molecule is CCCCc1c(C(=O)O)nnn1-c1ccccc1OC. The Morgan fingerprint density at radius 1 is 1.40 bits per heavy atom. The predicted molar refractivity (Wildman–Crippen MR) is 73.5 cm³/mol. The highest BCUT2D eigenvalue weighted by Crippen LogP contribution is 2.24. The number of unbranched alkanes of at least 4 members (excludes halogenated alkanes) is 1. The van der Waals surface area contributed by atoms with Crippen LogP contribution in [0.1, 0.15) is 35.9 Å². The molecular weight excluding hydrogens is 258 g/mol. The van der Waals surface area contributed by atoms with Crippen molar-refractivity contribution in [1.82, 2.24) is 15.0 Å². The molecule has 0 saturated heterocycles. The van der Waals surface area contributed by atoms with Crippen LogP contribution >= 0.6 is 0 Å². The number of methoxy groups -OCH3 is 1. The third-order valence-electron chi connectivity index (χ3n) is 3.05. The van der Waals surface area contributed by atoms with Crippen LogP contribution in [0.15, 0.2) is 24.3 Å². The van der Waals surface area contributed by atoms with Crippen molar-refractivity contribution in [3.05, 3.63) is 35.7 Å². The average molecular weight is 275 g/mol. The molecule has 0 saturated carbocycles. The predicted octanol–water partition coefficient (Wildman–Crippen LogP) is 2.32. The topological polar surface area (TPSA) is 77.2 Å². The van der Waals surface area contributed by atoms with E-state index >= 15 is 0 Å². The Morgan fingerprint density at radius 3 is 2.80 bits per heavy atom. The Hall–Kier alpha value is -2.37. The molecule has 0 aliphatic carbocycles. The maximum atomic E-state index is 11.2. The second-order valence-corrected chi connectivity index (χ2v) is 4.38. The zero-order valence-electron chi connectivity index (χ0n) is 11.5. The van der Waals surface area contributed by atoms with Crippen LogP contribution in [0, 0.1) is 0 Å². The summed E-state index contributed by atoms with van der Waals surface area (Å²) in [5, 5.41) is 17.0. The first-order valence-electron chi connectivity index (χ1n) is 6.50. The van der Waals surface area contributed by atoms with Gasteiger partial charge in [-0.1, -0.05) is 30.7 Å². The minimum absolute atomic E-state index is 0.00403. The third kappa shape index (κ3) is 2.64. The molecule has 0 bridgehead atoms. The smallest absolute Gasteiger partial charge is 0.358 e. The quantitative estimate of drug-likeness (QED) is 0.875. The zero-order valence-corrected chi connectivity index (χ0v) is 11.5. The minimum atomic E-state index is -1.06. The van der Waals surface area contributed by atoms with Crippen molar-refractivity contribution < 1.29 is 14.6 Å². The van der Waals surface area contributed by atoms with E-state index in [9.17, 15) is 9.90 Å². The van der Waals surface area contributed by atoms with Gasteiger partial charge in [0, 0.05) is 0 Å². The summed E-state index contributed by atoms with van der Waals surface area (Å²) in [4.78, 5) is 11.2. The zero-order chi connectivity index (χ0) is 14.5. The van der Waals surface area contributed by atoms with Crippen molar-refractivity contribution in [2.24, 2.45) is 0 Å². The summed E-state index contributed by atoms with van der Waals surface area (Å²) >= 11 is 0. The van der Waals surface area contributed by atoms with E-state index in [1.54, 1.807) is 17.9 Å². The van der Waals surface area contributed by atoms with E-state index < -0.39 is 5.97 Å². The number of aromatic carboxylic acids is 1. The molecule has 1 heterocycles. The summed E-state index contributed by atoms with van der Waals surface area (Å²) < 4.78 is 6.85. The molecule has 2 aromatic rings. The van der Waals surface area contributed by atoms with E-state index in [4.69, 9.17) is 4.74 Å². The number of hydrogen-bond donors (Lipinski definition) is 1. The largest absolute Gasteiger partial charge is 0.494 e. The highest BCUT2D eigenvalue weighted by molar-refractivity contribution is 5.86. The van der Waals surface area contributed by atoms with Gasteiger partial charge >= 0.3 is 5.97 Å². The molecule has 6 nitrogen and oxygen atoms in total. The van der Waals surface area contributed by atoms with Crippen molar-refractivity contribution in [3.8, 4) is 11.4 Å². The maximum absolute atomic E-state index is 11.2. The van der Waals surface area contributed by atoms with E-state index in [2.05, 4.69) is 17.2 Å². The lowest BCUT2D eigenvalue weighted by Crippen LogP contribution is -2.08. The van der Waals surface area contributed by atoms with Crippen LogP contribution in [0.5, 0.6) is 5.75 Å². The molecule has 0 unspecified atom stereocenters. The maximum Gasteiger partial charge on any atom is 0.358 e. The number of hydrogen-bond acceptors (Lipinski definition) is 4.